The van der Waals surface area contributed by atoms with Crippen molar-refractivity contribution in [3.8, 4) is 5.75 Å². The smallest absolute Gasteiger partial charge is 0.311 e. The molecule has 3 amide bonds. The van der Waals surface area contributed by atoms with E-state index in [1.165, 1.54) is 7.11 Å². The molecule has 30 heavy (non-hydrogen) atoms. The van der Waals surface area contributed by atoms with Gasteiger partial charge in [0.15, 0.2) is 6.61 Å². The fraction of sp³-hybridized carbons (Fsp3) is 0.524. The third-order valence-electron chi connectivity index (χ3n) is 5.02. The number of amides is 3. The highest BCUT2D eigenvalue weighted by atomic mass is 16.5. The molecule has 1 aliphatic heterocycles. The number of benzene rings is 1. The molecule has 0 aromatic heterocycles. The highest BCUT2D eigenvalue weighted by Crippen LogP contribution is 2.41. The van der Waals surface area contributed by atoms with Crippen LogP contribution in [0.1, 0.15) is 44.2 Å². The van der Waals surface area contributed by atoms with E-state index in [0.29, 0.717) is 18.7 Å². The predicted octanol–water partition coefficient (Wildman–Crippen LogP) is 0.920. The molecular weight excluding hydrogens is 390 g/mol. The Morgan fingerprint density at radius 1 is 1.27 bits per heavy atom. The maximum Gasteiger partial charge on any atom is 0.311 e. The number of ether oxygens (including phenoxy) is 2. The van der Waals surface area contributed by atoms with Crippen LogP contribution in [0.5, 0.6) is 5.75 Å². The van der Waals surface area contributed by atoms with Gasteiger partial charge in [0, 0.05) is 18.5 Å². The molecule has 0 spiro atoms. The summed E-state index contributed by atoms with van der Waals surface area (Å²) in [4.78, 5) is 49.8. The number of para-hydroxylation sites is 1. The van der Waals surface area contributed by atoms with Crippen LogP contribution in [-0.2, 0) is 23.9 Å². The molecule has 9 nitrogen and oxygen atoms in total. The Hall–Kier alpha value is -3.10. The summed E-state index contributed by atoms with van der Waals surface area (Å²) >= 11 is 0. The minimum atomic E-state index is -0.691. The van der Waals surface area contributed by atoms with Crippen molar-refractivity contribution in [3.63, 3.8) is 0 Å². The molecule has 2 atom stereocenters. The van der Waals surface area contributed by atoms with Crippen molar-refractivity contribution >= 4 is 23.7 Å². The second-order valence-corrected chi connectivity index (χ2v) is 7.12. The van der Waals surface area contributed by atoms with Crippen LogP contribution in [0.2, 0.25) is 0 Å². The largest absolute Gasteiger partial charge is 0.496 e. The number of nitrogens with two attached hydrogens (primary N) is 1. The minimum Gasteiger partial charge on any atom is -0.496 e. The lowest BCUT2D eigenvalue weighted by atomic mass is 9.83. The number of hydrogen-bond acceptors (Lipinski definition) is 6. The highest BCUT2D eigenvalue weighted by molar-refractivity contribution is 5.87. The molecule has 1 aliphatic rings. The van der Waals surface area contributed by atoms with Crippen molar-refractivity contribution in [2.45, 2.75) is 38.6 Å². The summed E-state index contributed by atoms with van der Waals surface area (Å²) in [5.41, 5.74) is 5.71. The number of unbranched alkanes of at least 4 members (excludes halogenated alkanes) is 1. The van der Waals surface area contributed by atoms with E-state index in [1.54, 1.807) is 11.0 Å². The molecule has 2 rings (SSSR count). The van der Waals surface area contributed by atoms with Crippen molar-refractivity contribution in [1.82, 2.24) is 10.2 Å². The number of piperidine rings is 1. The number of carbonyl (C=O) groups excluding carboxylic acids is 4. The van der Waals surface area contributed by atoms with Crippen LogP contribution in [0.15, 0.2) is 24.3 Å². The molecule has 3 N–H and O–H groups in total. The summed E-state index contributed by atoms with van der Waals surface area (Å²) in [7, 11) is 1.54. The monoisotopic (exact) mass is 419 g/mol. The van der Waals surface area contributed by atoms with E-state index in [-0.39, 0.29) is 18.9 Å². The maximum absolute atomic E-state index is 12.9. The van der Waals surface area contributed by atoms with Crippen LogP contribution in [0.25, 0.3) is 0 Å². The van der Waals surface area contributed by atoms with Crippen molar-refractivity contribution in [2.24, 2.45) is 11.7 Å². The normalized spacial score (nSPS) is 18.6. The van der Waals surface area contributed by atoms with E-state index in [2.05, 4.69) is 5.32 Å². The Labute approximate surface area is 175 Å². The molecule has 9 heteroatoms. The Kier molecular flexibility index (Phi) is 8.64. The first-order valence-electron chi connectivity index (χ1n) is 10.0. The molecule has 164 valence electrons. The molecule has 1 aromatic carbocycles. The number of carbonyl (C=O) groups is 4. The first kappa shape index (κ1) is 23.2. The molecule has 0 bridgehead atoms. The van der Waals surface area contributed by atoms with Gasteiger partial charge in [-0.1, -0.05) is 31.5 Å². The van der Waals surface area contributed by atoms with Crippen LogP contribution < -0.4 is 15.8 Å². The van der Waals surface area contributed by atoms with E-state index >= 15 is 0 Å². The number of hydrogen-bond donors (Lipinski definition) is 2. The van der Waals surface area contributed by atoms with E-state index < -0.39 is 36.4 Å². The van der Waals surface area contributed by atoms with Gasteiger partial charge in [-0.3, -0.25) is 19.2 Å². The maximum atomic E-state index is 12.9. The van der Waals surface area contributed by atoms with Crippen LogP contribution in [0.4, 0.5) is 0 Å². The average Bonchev–Trinajstić information content (AvgIpc) is 2.74. The Morgan fingerprint density at radius 2 is 2.00 bits per heavy atom. The summed E-state index contributed by atoms with van der Waals surface area (Å²) in [6.07, 6.45) is 2.24. The van der Waals surface area contributed by atoms with Crippen LogP contribution in [-0.4, -0.2) is 55.4 Å². The standard InChI is InChI=1S/C21H29N3O6/c1-3-4-11-24-19(27)10-9-15(20(24)14-7-5-6-8-16(14)29-2)21(28)30-13-18(26)23-12-17(22)25/h5-8,15,20H,3-4,9-13H2,1-2H3,(H2,22,25)(H,23,26)/t15-,20-/m1/s1. The molecule has 1 fully saturated rings. The lowest BCUT2D eigenvalue weighted by molar-refractivity contribution is -0.159. The first-order chi connectivity index (χ1) is 14.4. The molecule has 0 aliphatic carbocycles. The molecule has 0 radical (unpaired) electrons. The third kappa shape index (κ3) is 5.95. The predicted molar refractivity (Wildman–Crippen MR) is 108 cm³/mol. The van der Waals surface area contributed by atoms with E-state index in [1.807, 2.05) is 25.1 Å². The van der Waals surface area contributed by atoms with Crippen LogP contribution in [0, 0.1) is 5.92 Å². The van der Waals surface area contributed by atoms with Crippen molar-refractivity contribution in [2.75, 3.05) is 26.8 Å². The van der Waals surface area contributed by atoms with E-state index in [4.69, 9.17) is 15.2 Å². The van der Waals surface area contributed by atoms with E-state index in [0.717, 1.165) is 18.4 Å². The fourth-order valence-electron chi connectivity index (χ4n) is 3.57. The Balaban J connectivity index is 2.24. The lowest BCUT2D eigenvalue weighted by Crippen LogP contribution is -2.46. The molecule has 0 unspecified atom stereocenters. The SMILES string of the molecule is CCCCN1C(=O)CC[C@@H](C(=O)OCC(=O)NCC(N)=O)[C@H]1c1ccccc1OC. The topological polar surface area (TPSA) is 128 Å². The molecular formula is C21H29N3O6. The van der Waals surface area contributed by atoms with Gasteiger partial charge in [-0.2, -0.15) is 0 Å². The number of primary amides is 1. The zero-order valence-corrected chi connectivity index (χ0v) is 17.4. The quantitative estimate of drug-likeness (QED) is 0.543. The average molecular weight is 419 g/mol. The molecule has 1 heterocycles. The summed E-state index contributed by atoms with van der Waals surface area (Å²) in [5.74, 6) is -1.97. The second-order valence-electron chi connectivity index (χ2n) is 7.12. The van der Waals surface area contributed by atoms with Gasteiger partial charge in [-0.15, -0.1) is 0 Å². The third-order valence-corrected chi connectivity index (χ3v) is 5.02. The van der Waals surface area contributed by atoms with Gasteiger partial charge in [-0.25, -0.2) is 0 Å². The Morgan fingerprint density at radius 3 is 2.67 bits per heavy atom. The highest BCUT2D eigenvalue weighted by Gasteiger charge is 2.42. The molecule has 1 aromatic rings. The second kappa shape index (κ2) is 11.2. The fourth-order valence-corrected chi connectivity index (χ4v) is 3.57. The van der Waals surface area contributed by atoms with Gasteiger partial charge in [0.2, 0.25) is 11.8 Å². The number of nitrogens with zero attached hydrogens (tertiary/aromatic N) is 1. The lowest BCUT2D eigenvalue weighted by Gasteiger charge is -2.40. The zero-order valence-electron chi connectivity index (χ0n) is 17.4. The zero-order chi connectivity index (χ0) is 22.1. The van der Waals surface area contributed by atoms with Gasteiger partial charge in [0.25, 0.3) is 5.91 Å². The van der Waals surface area contributed by atoms with Gasteiger partial charge < -0.3 is 25.4 Å². The summed E-state index contributed by atoms with van der Waals surface area (Å²) < 4.78 is 10.7. The van der Waals surface area contributed by atoms with Crippen molar-refractivity contribution in [1.29, 1.82) is 0 Å². The number of esters is 1. The van der Waals surface area contributed by atoms with E-state index in [9.17, 15) is 19.2 Å². The molecule has 1 saturated heterocycles. The number of likely N-dealkylation sites (tertiary alicyclic amines) is 1. The Bertz CT molecular complexity index is 782. The first-order valence-corrected chi connectivity index (χ1v) is 10.0. The van der Waals surface area contributed by atoms with Crippen molar-refractivity contribution < 1.29 is 28.7 Å². The van der Waals surface area contributed by atoms with Gasteiger partial charge in [-0.05, 0) is 18.9 Å². The van der Waals surface area contributed by atoms with Crippen LogP contribution >= 0.6 is 0 Å². The summed E-state index contributed by atoms with van der Waals surface area (Å²) in [6, 6.07) is 6.72. The van der Waals surface area contributed by atoms with Gasteiger partial charge in [0.1, 0.15) is 5.75 Å². The molecule has 0 saturated carbocycles. The van der Waals surface area contributed by atoms with Gasteiger partial charge >= 0.3 is 5.97 Å². The minimum absolute atomic E-state index is 0.0254. The van der Waals surface area contributed by atoms with Crippen molar-refractivity contribution in [3.05, 3.63) is 29.8 Å². The summed E-state index contributed by atoms with van der Waals surface area (Å²) in [5, 5.41) is 2.27. The summed E-state index contributed by atoms with van der Waals surface area (Å²) in [6.45, 7) is 1.69. The number of rotatable bonds is 10. The van der Waals surface area contributed by atoms with Crippen LogP contribution in [0.3, 0.4) is 0 Å². The number of nitrogens with one attached hydrogen (secondary N) is 1. The number of methoxy groups -OCH3 is 1. The van der Waals surface area contributed by atoms with Gasteiger partial charge in [0.05, 0.1) is 25.6 Å².